The highest BCUT2D eigenvalue weighted by molar-refractivity contribution is 6.31. The quantitative estimate of drug-likeness (QED) is 0.851. The first-order valence-electron chi connectivity index (χ1n) is 5.34. The molecule has 1 aliphatic rings. The molecule has 0 spiro atoms. The van der Waals surface area contributed by atoms with Crippen LogP contribution >= 0.6 is 11.6 Å². The smallest absolute Gasteiger partial charge is 0.321 e. The zero-order valence-electron chi connectivity index (χ0n) is 9.44. The molecular formula is C12H14ClNO3. The average molecular weight is 256 g/mol. The number of benzene rings is 1. The van der Waals surface area contributed by atoms with E-state index in [0.717, 1.165) is 5.56 Å². The molecule has 0 amide bonds. The maximum absolute atomic E-state index is 11.3. The maximum atomic E-state index is 11.3. The summed E-state index contributed by atoms with van der Waals surface area (Å²) in [5, 5.41) is 12.7. The Balaban J connectivity index is 2.44. The Morgan fingerprint density at radius 2 is 2.18 bits per heavy atom. The number of aliphatic carboxylic acids is 1. The van der Waals surface area contributed by atoms with Crippen LogP contribution in [0, 0.1) is 0 Å². The van der Waals surface area contributed by atoms with Gasteiger partial charge in [0.1, 0.15) is 6.04 Å². The first kappa shape index (κ1) is 12.4. The van der Waals surface area contributed by atoms with Crippen molar-refractivity contribution in [2.24, 2.45) is 0 Å². The normalized spacial score (nSPS) is 19.4. The molecule has 5 heteroatoms. The van der Waals surface area contributed by atoms with E-state index in [2.05, 4.69) is 5.32 Å². The molecule has 17 heavy (non-hydrogen) atoms. The van der Waals surface area contributed by atoms with Crippen molar-refractivity contribution in [2.75, 3.05) is 20.3 Å². The van der Waals surface area contributed by atoms with E-state index in [-0.39, 0.29) is 0 Å². The van der Waals surface area contributed by atoms with E-state index in [4.69, 9.17) is 16.3 Å². The Bertz CT molecular complexity index is 432. The number of carboxylic acids is 1. The van der Waals surface area contributed by atoms with E-state index in [9.17, 15) is 9.90 Å². The van der Waals surface area contributed by atoms with Gasteiger partial charge < -0.3 is 15.2 Å². The summed E-state index contributed by atoms with van der Waals surface area (Å²) in [4.78, 5) is 11.3. The minimum atomic E-state index is -0.893. The van der Waals surface area contributed by atoms with Crippen molar-refractivity contribution in [1.82, 2.24) is 5.32 Å². The lowest BCUT2D eigenvalue weighted by molar-refractivity contribution is -0.150. The fraction of sp³-hybridized carbons (Fsp3) is 0.417. The van der Waals surface area contributed by atoms with Gasteiger partial charge in [-0.3, -0.25) is 4.79 Å². The molecule has 1 heterocycles. The number of ether oxygens (including phenoxy) is 1. The van der Waals surface area contributed by atoms with Gasteiger partial charge in [0.05, 0.1) is 18.6 Å². The molecule has 0 bridgehead atoms. The highest BCUT2D eigenvalue weighted by atomic mass is 35.5. The summed E-state index contributed by atoms with van der Waals surface area (Å²) in [6.07, 6.45) is 0. The van der Waals surface area contributed by atoms with Gasteiger partial charge in [0, 0.05) is 5.02 Å². The SMILES string of the molecule is CNC(C(=O)O)C1(c2ccccc2Cl)COC1. The van der Waals surface area contributed by atoms with Crippen LogP contribution in [0.2, 0.25) is 5.02 Å². The summed E-state index contributed by atoms with van der Waals surface area (Å²) in [6, 6.07) is 6.62. The van der Waals surface area contributed by atoms with Gasteiger partial charge >= 0.3 is 5.97 Å². The molecule has 1 atom stereocenters. The van der Waals surface area contributed by atoms with E-state index in [1.807, 2.05) is 18.2 Å². The van der Waals surface area contributed by atoms with Crippen LogP contribution in [0.15, 0.2) is 24.3 Å². The minimum absolute atomic E-state index is 0.370. The molecule has 0 saturated carbocycles. The number of likely N-dealkylation sites (N-methyl/N-ethyl adjacent to an activating group) is 1. The topological polar surface area (TPSA) is 58.6 Å². The third-order valence-corrected chi connectivity index (χ3v) is 3.55. The second-order valence-corrected chi connectivity index (χ2v) is 4.60. The van der Waals surface area contributed by atoms with Crippen molar-refractivity contribution in [3.05, 3.63) is 34.9 Å². The van der Waals surface area contributed by atoms with Crippen molar-refractivity contribution >= 4 is 17.6 Å². The van der Waals surface area contributed by atoms with Crippen LogP contribution in [0.4, 0.5) is 0 Å². The number of nitrogens with one attached hydrogen (secondary N) is 1. The van der Waals surface area contributed by atoms with E-state index in [0.29, 0.717) is 18.2 Å². The lowest BCUT2D eigenvalue weighted by Crippen LogP contribution is -2.62. The highest BCUT2D eigenvalue weighted by Crippen LogP contribution is 2.39. The second-order valence-electron chi connectivity index (χ2n) is 4.19. The maximum Gasteiger partial charge on any atom is 0.321 e. The Kier molecular flexibility index (Phi) is 3.38. The van der Waals surface area contributed by atoms with Gasteiger partial charge in [-0.25, -0.2) is 0 Å². The van der Waals surface area contributed by atoms with Crippen molar-refractivity contribution in [1.29, 1.82) is 0 Å². The first-order valence-corrected chi connectivity index (χ1v) is 5.72. The third kappa shape index (κ3) is 1.92. The molecule has 92 valence electrons. The number of hydrogen-bond acceptors (Lipinski definition) is 3. The number of rotatable bonds is 4. The van der Waals surface area contributed by atoms with E-state index >= 15 is 0 Å². The van der Waals surface area contributed by atoms with Gasteiger partial charge in [-0.05, 0) is 18.7 Å². The molecule has 0 radical (unpaired) electrons. The van der Waals surface area contributed by atoms with Crippen LogP contribution in [0.1, 0.15) is 5.56 Å². The number of hydrogen-bond donors (Lipinski definition) is 2. The van der Waals surface area contributed by atoms with Crippen molar-refractivity contribution in [3.63, 3.8) is 0 Å². The summed E-state index contributed by atoms with van der Waals surface area (Å²) >= 11 is 6.15. The fourth-order valence-electron chi connectivity index (χ4n) is 2.30. The van der Waals surface area contributed by atoms with Gasteiger partial charge in [0.15, 0.2) is 0 Å². The Morgan fingerprint density at radius 1 is 1.53 bits per heavy atom. The Morgan fingerprint density at radius 3 is 2.59 bits per heavy atom. The summed E-state index contributed by atoms with van der Waals surface area (Å²) in [5.74, 6) is -0.893. The first-order chi connectivity index (χ1) is 8.12. The molecule has 2 rings (SSSR count). The molecule has 1 saturated heterocycles. The number of carbonyl (C=O) groups is 1. The molecule has 0 aromatic heterocycles. The highest BCUT2D eigenvalue weighted by Gasteiger charge is 2.51. The lowest BCUT2D eigenvalue weighted by Gasteiger charge is -2.46. The largest absolute Gasteiger partial charge is 0.480 e. The molecule has 1 fully saturated rings. The van der Waals surface area contributed by atoms with Gasteiger partial charge in [-0.1, -0.05) is 29.8 Å². The van der Waals surface area contributed by atoms with Crippen LogP contribution in [0.25, 0.3) is 0 Å². The summed E-state index contributed by atoms with van der Waals surface area (Å²) in [6.45, 7) is 0.739. The van der Waals surface area contributed by atoms with E-state index in [1.165, 1.54) is 0 Å². The molecule has 1 aliphatic heterocycles. The lowest BCUT2D eigenvalue weighted by atomic mass is 9.72. The summed E-state index contributed by atoms with van der Waals surface area (Å²) in [5.41, 5.74) is 0.258. The second kappa shape index (κ2) is 4.64. The van der Waals surface area contributed by atoms with Gasteiger partial charge in [0.2, 0.25) is 0 Å². The minimum Gasteiger partial charge on any atom is -0.480 e. The number of halogens is 1. The summed E-state index contributed by atoms with van der Waals surface area (Å²) in [7, 11) is 1.63. The van der Waals surface area contributed by atoms with Gasteiger partial charge in [0.25, 0.3) is 0 Å². The van der Waals surface area contributed by atoms with E-state index in [1.54, 1.807) is 13.1 Å². The molecule has 1 aromatic carbocycles. The van der Waals surface area contributed by atoms with E-state index < -0.39 is 17.4 Å². The van der Waals surface area contributed by atoms with Crippen LogP contribution in [0.5, 0.6) is 0 Å². The Hall–Kier alpha value is -1.10. The third-order valence-electron chi connectivity index (χ3n) is 3.22. The Labute approximate surface area is 105 Å². The molecule has 1 unspecified atom stereocenters. The van der Waals surface area contributed by atoms with Crippen molar-refractivity contribution < 1.29 is 14.6 Å². The molecule has 0 aliphatic carbocycles. The monoisotopic (exact) mass is 255 g/mol. The van der Waals surface area contributed by atoms with Crippen molar-refractivity contribution in [3.8, 4) is 0 Å². The summed E-state index contributed by atoms with van der Waals surface area (Å²) < 4.78 is 5.22. The molecule has 2 N–H and O–H groups in total. The zero-order chi connectivity index (χ0) is 12.5. The van der Waals surface area contributed by atoms with Gasteiger partial charge in [-0.2, -0.15) is 0 Å². The zero-order valence-corrected chi connectivity index (χ0v) is 10.2. The van der Waals surface area contributed by atoms with Gasteiger partial charge in [-0.15, -0.1) is 0 Å². The molecule has 1 aromatic rings. The standard InChI is InChI=1S/C12H14ClNO3/c1-14-10(11(15)16)12(6-17-7-12)8-4-2-3-5-9(8)13/h2-5,10,14H,6-7H2,1H3,(H,15,16). The van der Waals surface area contributed by atoms with Crippen LogP contribution in [0.3, 0.4) is 0 Å². The van der Waals surface area contributed by atoms with Crippen LogP contribution < -0.4 is 5.32 Å². The molecular weight excluding hydrogens is 242 g/mol. The fourth-order valence-corrected chi connectivity index (χ4v) is 2.62. The number of carboxylic acid groups (broad SMARTS) is 1. The predicted molar refractivity (Wildman–Crippen MR) is 64.4 cm³/mol. The predicted octanol–water partition coefficient (Wildman–Crippen LogP) is 1.28. The van der Waals surface area contributed by atoms with Crippen LogP contribution in [-0.4, -0.2) is 37.4 Å². The average Bonchev–Trinajstić information content (AvgIpc) is 2.24. The van der Waals surface area contributed by atoms with Crippen molar-refractivity contribution in [2.45, 2.75) is 11.5 Å². The van der Waals surface area contributed by atoms with Crippen LogP contribution in [-0.2, 0) is 14.9 Å². The molecule has 4 nitrogen and oxygen atoms in total.